The first kappa shape index (κ1) is 12.9. The molecule has 2 aromatic rings. The Kier molecular flexibility index (Phi) is 4.61. The van der Waals surface area contributed by atoms with E-state index in [4.69, 9.17) is 20.8 Å². The minimum atomic E-state index is -0.370. The van der Waals surface area contributed by atoms with E-state index in [1.807, 2.05) is 6.07 Å². The molecule has 0 saturated heterocycles. The summed E-state index contributed by atoms with van der Waals surface area (Å²) in [6.07, 6.45) is 3.32. The van der Waals surface area contributed by atoms with E-state index in [1.54, 1.807) is 12.5 Å². The molecular formula is C13H13ClFNO2. The van der Waals surface area contributed by atoms with Gasteiger partial charge in [-0.05, 0) is 24.3 Å². The molecule has 0 saturated carbocycles. The topological polar surface area (TPSA) is 34.4 Å². The Hall–Kier alpha value is -1.52. The summed E-state index contributed by atoms with van der Waals surface area (Å²) in [5.74, 6) is 0.119. The van der Waals surface area contributed by atoms with Crippen LogP contribution in [0.5, 0.6) is 5.75 Å². The third-order valence-corrected chi connectivity index (χ3v) is 2.63. The number of ether oxygens (including phenoxy) is 1. The van der Waals surface area contributed by atoms with Crippen LogP contribution in [-0.2, 0) is 6.54 Å². The Morgan fingerprint density at radius 2 is 2.22 bits per heavy atom. The van der Waals surface area contributed by atoms with Crippen molar-refractivity contribution in [1.29, 1.82) is 0 Å². The van der Waals surface area contributed by atoms with Gasteiger partial charge in [0.05, 0.1) is 17.5 Å². The number of halogens is 2. The van der Waals surface area contributed by atoms with Crippen molar-refractivity contribution in [3.8, 4) is 5.75 Å². The molecule has 0 bridgehead atoms. The van der Waals surface area contributed by atoms with Crippen LogP contribution in [0, 0.1) is 5.82 Å². The monoisotopic (exact) mass is 269 g/mol. The lowest BCUT2D eigenvalue weighted by Crippen LogP contribution is -2.20. The smallest absolute Gasteiger partial charge is 0.138 e. The molecule has 18 heavy (non-hydrogen) atoms. The minimum Gasteiger partial charge on any atom is -0.491 e. The molecule has 1 N–H and O–H groups in total. The van der Waals surface area contributed by atoms with Crippen LogP contribution < -0.4 is 10.1 Å². The Bertz CT molecular complexity index is 488. The number of benzene rings is 1. The van der Waals surface area contributed by atoms with Crippen LogP contribution in [0.25, 0.3) is 0 Å². The summed E-state index contributed by atoms with van der Waals surface area (Å²) in [4.78, 5) is 0. The lowest BCUT2D eigenvalue weighted by molar-refractivity contribution is 0.313. The summed E-state index contributed by atoms with van der Waals surface area (Å²) in [7, 11) is 0. The summed E-state index contributed by atoms with van der Waals surface area (Å²) >= 11 is 5.83. The highest BCUT2D eigenvalue weighted by Crippen LogP contribution is 2.24. The number of rotatable bonds is 6. The fraction of sp³-hybridized carbons (Fsp3) is 0.231. The molecule has 0 spiro atoms. The first-order valence-electron chi connectivity index (χ1n) is 5.55. The molecule has 2 rings (SSSR count). The highest BCUT2D eigenvalue weighted by Gasteiger charge is 2.02. The Morgan fingerprint density at radius 3 is 2.94 bits per heavy atom. The van der Waals surface area contributed by atoms with E-state index in [0.29, 0.717) is 18.9 Å². The lowest BCUT2D eigenvalue weighted by atomic mass is 10.3. The van der Waals surface area contributed by atoms with E-state index in [9.17, 15) is 4.39 Å². The summed E-state index contributed by atoms with van der Waals surface area (Å²) < 4.78 is 23.2. The largest absolute Gasteiger partial charge is 0.491 e. The highest BCUT2D eigenvalue weighted by molar-refractivity contribution is 6.32. The van der Waals surface area contributed by atoms with Crippen molar-refractivity contribution in [3.63, 3.8) is 0 Å². The SMILES string of the molecule is Fc1ccc(OCCNCc2ccoc2)c(Cl)c1. The van der Waals surface area contributed by atoms with Crippen molar-refractivity contribution < 1.29 is 13.5 Å². The summed E-state index contributed by atoms with van der Waals surface area (Å²) in [5.41, 5.74) is 1.08. The fourth-order valence-electron chi connectivity index (χ4n) is 1.45. The van der Waals surface area contributed by atoms with Gasteiger partial charge < -0.3 is 14.5 Å². The molecule has 0 amide bonds. The molecule has 1 heterocycles. The fourth-order valence-corrected chi connectivity index (χ4v) is 1.67. The molecule has 96 valence electrons. The van der Waals surface area contributed by atoms with Crippen molar-refractivity contribution in [2.45, 2.75) is 6.54 Å². The van der Waals surface area contributed by atoms with Gasteiger partial charge in [0, 0.05) is 18.7 Å². The Balaban J connectivity index is 1.69. The molecule has 0 aliphatic carbocycles. The molecular weight excluding hydrogens is 257 g/mol. The molecule has 5 heteroatoms. The predicted octanol–water partition coefficient (Wildman–Crippen LogP) is 3.24. The van der Waals surface area contributed by atoms with Crippen molar-refractivity contribution >= 4 is 11.6 Å². The van der Waals surface area contributed by atoms with E-state index in [0.717, 1.165) is 12.1 Å². The molecule has 1 aromatic carbocycles. The maximum absolute atomic E-state index is 12.8. The van der Waals surface area contributed by atoms with Gasteiger partial charge in [0.1, 0.15) is 18.2 Å². The maximum Gasteiger partial charge on any atom is 0.138 e. The highest BCUT2D eigenvalue weighted by atomic mass is 35.5. The molecule has 0 fully saturated rings. The average molecular weight is 270 g/mol. The Morgan fingerprint density at radius 1 is 1.33 bits per heavy atom. The zero-order chi connectivity index (χ0) is 12.8. The third-order valence-electron chi connectivity index (χ3n) is 2.34. The second-order valence-electron chi connectivity index (χ2n) is 3.73. The molecule has 0 aliphatic heterocycles. The molecule has 0 radical (unpaired) electrons. The summed E-state index contributed by atoms with van der Waals surface area (Å²) in [5, 5.41) is 3.47. The number of furan rings is 1. The second-order valence-corrected chi connectivity index (χ2v) is 4.14. The minimum absolute atomic E-state index is 0.282. The van der Waals surface area contributed by atoms with Crippen molar-refractivity contribution in [2.24, 2.45) is 0 Å². The van der Waals surface area contributed by atoms with Gasteiger partial charge in [-0.2, -0.15) is 0 Å². The predicted molar refractivity (Wildman–Crippen MR) is 67.3 cm³/mol. The first-order valence-corrected chi connectivity index (χ1v) is 5.93. The number of hydrogen-bond acceptors (Lipinski definition) is 3. The normalized spacial score (nSPS) is 10.6. The average Bonchev–Trinajstić information content (AvgIpc) is 2.84. The van der Waals surface area contributed by atoms with Crippen LogP contribution in [0.1, 0.15) is 5.56 Å². The summed E-state index contributed by atoms with van der Waals surface area (Å²) in [6, 6.07) is 5.97. The van der Waals surface area contributed by atoms with Crippen LogP contribution in [-0.4, -0.2) is 13.2 Å². The van der Waals surface area contributed by atoms with Gasteiger partial charge in [-0.25, -0.2) is 4.39 Å². The molecule has 3 nitrogen and oxygen atoms in total. The van der Waals surface area contributed by atoms with E-state index in [-0.39, 0.29) is 10.8 Å². The molecule has 1 aromatic heterocycles. The molecule has 0 aliphatic rings. The van der Waals surface area contributed by atoms with Gasteiger partial charge in [-0.1, -0.05) is 11.6 Å². The van der Waals surface area contributed by atoms with Crippen LogP contribution in [0.15, 0.2) is 41.2 Å². The van der Waals surface area contributed by atoms with Gasteiger partial charge in [0.15, 0.2) is 0 Å². The van der Waals surface area contributed by atoms with Gasteiger partial charge in [-0.15, -0.1) is 0 Å². The Labute approximate surface area is 110 Å². The van der Waals surface area contributed by atoms with Gasteiger partial charge in [0.25, 0.3) is 0 Å². The first-order chi connectivity index (χ1) is 8.75. The van der Waals surface area contributed by atoms with Crippen LogP contribution in [0.4, 0.5) is 4.39 Å². The third kappa shape index (κ3) is 3.75. The zero-order valence-corrected chi connectivity index (χ0v) is 10.4. The van der Waals surface area contributed by atoms with Gasteiger partial charge >= 0.3 is 0 Å². The van der Waals surface area contributed by atoms with E-state index >= 15 is 0 Å². The van der Waals surface area contributed by atoms with Gasteiger partial charge in [0.2, 0.25) is 0 Å². The standard InChI is InChI=1S/C13H13ClFNO2/c14-12-7-11(15)1-2-13(12)18-6-4-16-8-10-3-5-17-9-10/h1-3,5,7,9,16H,4,6,8H2. The van der Waals surface area contributed by atoms with E-state index < -0.39 is 0 Å². The molecule has 0 atom stereocenters. The van der Waals surface area contributed by atoms with Gasteiger partial charge in [-0.3, -0.25) is 0 Å². The second kappa shape index (κ2) is 6.42. The quantitative estimate of drug-likeness (QED) is 0.818. The van der Waals surface area contributed by atoms with Crippen LogP contribution in [0.2, 0.25) is 5.02 Å². The van der Waals surface area contributed by atoms with E-state index in [2.05, 4.69) is 5.32 Å². The maximum atomic E-state index is 12.8. The van der Waals surface area contributed by atoms with Crippen molar-refractivity contribution in [2.75, 3.05) is 13.2 Å². The van der Waals surface area contributed by atoms with Crippen LogP contribution in [0.3, 0.4) is 0 Å². The van der Waals surface area contributed by atoms with Crippen molar-refractivity contribution in [3.05, 3.63) is 53.2 Å². The number of hydrogen-bond donors (Lipinski definition) is 1. The van der Waals surface area contributed by atoms with Crippen LogP contribution >= 0.6 is 11.6 Å². The van der Waals surface area contributed by atoms with E-state index in [1.165, 1.54) is 18.2 Å². The number of nitrogens with one attached hydrogen (secondary N) is 1. The zero-order valence-electron chi connectivity index (χ0n) is 9.66. The van der Waals surface area contributed by atoms with Crippen molar-refractivity contribution in [1.82, 2.24) is 5.32 Å². The molecule has 0 unspecified atom stereocenters. The lowest BCUT2D eigenvalue weighted by Gasteiger charge is -2.08. The summed E-state index contributed by atoms with van der Waals surface area (Å²) in [6.45, 7) is 1.85.